The summed E-state index contributed by atoms with van der Waals surface area (Å²) in [5, 5.41) is 13.4. The molecule has 1 aromatic rings. The molecule has 3 heteroatoms. The third-order valence-electron chi connectivity index (χ3n) is 2.97. The number of aliphatic hydroxyl groups excluding tert-OH is 1. The highest BCUT2D eigenvalue weighted by Gasteiger charge is 2.15. The van der Waals surface area contributed by atoms with E-state index in [1.807, 2.05) is 18.2 Å². The summed E-state index contributed by atoms with van der Waals surface area (Å²) in [6.07, 6.45) is 3.48. The van der Waals surface area contributed by atoms with Crippen LogP contribution in [0.5, 0.6) is 0 Å². The van der Waals surface area contributed by atoms with Gasteiger partial charge in [0.05, 0.1) is 6.61 Å². The minimum atomic E-state index is 0.0720. The molecule has 2 N–H and O–H groups in total. The Balaban J connectivity index is 2.12. The zero-order valence-electron chi connectivity index (χ0n) is 8.67. The second-order valence-corrected chi connectivity index (χ2v) is 4.50. The SMILES string of the molecule is OCc1cc(Cl)ccc1CC1CCCN1. The van der Waals surface area contributed by atoms with Gasteiger partial charge in [-0.1, -0.05) is 17.7 Å². The van der Waals surface area contributed by atoms with Crippen molar-refractivity contribution in [3.8, 4) is 0 Å². The van der Waals surface area contributed by atoms with Crippen molar-refractivity contribution in [3.63, 3.8) is 0 Å². The number of aliphatic hydroxyl groups is 1. The predicted octanol–water partition coefficient (Wildman–Crippen LogP) is 2.13. The van der Waals surface area contributed by atoms with E-state index in [4.69, 9.17) is 11.6 Å². The molecule has 1 heterocycles. The first-order valence-corrected chi connectivity index (χ1v) is 5.79. The lowest BCUT2D eigenvalue weighted by molar-refractivity contribution is 0.280. The third-order valence-corrected chi connectivity index (χ3v) is 3.20. The molecule has 1 atom stereocenters. The minimum Gasteiger partial charge on any atom is -0.392 e. The molecule has 0 saturated carbocycles. The molecule has 1 aliphatic rings. The van der Waals surface area contributed by atoms with Gasteiger partial charge in [-0.15, -0.1) is 0 Å². The summed E-state index contributed by atoms with van der Waals surface area (Å²) in [6.45, 7) is 1.19. The molecule has 1 unspecified atom stereocenters. The molecule has 1 saturated heterocycles. The van der Waals surface area contributed by atoms with Gasteiger partial charge in [-0.25, -0.2) is 0 Å². The van der Waals surface area contributed by atoms with E-state index in [0.717, 1.165) is 18.5 Å². The van der Waals surface area contributed by atoms with Crippen LogP contribution in [0, 0.1) is 0 Å². The fraction of sp³-hybridized carbons (Fsp3) is 0.500. The molecule has 0 aliphatic carbocycles. The maximum atomic E-state index is 9.24. The number of halogens is 1. The fourth-order valence-electron chi connectivity index (χ4n) is 2.14. The Hall–Kier alpha value is -0.570. The summed E-state index contributed by atoms with van der Waals surface area (Å²) in [7, 11) is 0. The summed E-state index contributed by atoms with van der Waals surface area (Å²) in [4.78, 5) is 0. The Morgan fingerprint density at radius 3 is 2.93 bits per heavy atom. The van der Waals surface area contributed by atoms with Gasteiger partial charge in [0, 0.05) is 11.1 Å². The standard InChI is InChI=1S/C12H16ClNO/c13-11-4-3-9(10(6-11)8-15)7-12-2-1-5-14-12/h3-4,6,12,14-15H,1-2,5,7-8H2. The molecule has 1 aliphatic heterocycles. The highest BCUT2D eigenvalue weighted by molar-refractivity contribution is 6.30. The predicted molar refractivity (Wildman–Crippen MR) is 62.1 cm³/mol. The average Bonchev–Trinajstić information content (AvgIpc) is 2.73. The van der Waals surface area contributed by atoms with Crippen LogP contribution in [0.3, 0.4) is 0 Å². The monoisotopic (exact) mass is 225 g/mol. The van der Waals surface area contributed by atoms with E-state index in [-0.39, 0.29) is 6.61 Å². The van der Waals surface area contributed by atoms with Crippen LogP contribution in [-0.2, 0) is 13.0 Å². The quantitative estimate of drug-likeness (QED) is 0.826. The second kappa shape index (κ2) is 4.97. The average molecular weight is 226 g/mol. The molecule has 15 heavy (non-hydrogen) atoms. The van der Waals surface area contributed by atoms with Crippen molar-refractivity contribution < 1.29 is 5.11 Å². The highest BCUT2D eigenvalue weighted by atomic mass is 35.5. The zero-order valence-corrected chi connectivity index (χ0v) is 9.43. The van der Waals surface area contributed by atoms with Gasteiger partial charge in [0.2, 0.25) is 0 Å². The largest absolute Gasteiger partial charge is 0.392 e. The van der Waals surface area contributed by atoms with E-state index in [1.54, 1.807) is 0 Å². The molecule has 1 fully saturated rings. The van der Waals surface area contributed by atoms with Gasteiger partial charge >= 0.3 is 0 Å². The number of nitrogens with one attached hydrogen (secondary N) is 1. The molecular formula is C12H16ClNO. The van der Waals surface area contributed by atoms with Gasteiger partial charge in [0.25, 0.3) is 0 Å². The maximum absolute atomic E-state index is 9.24. The van der Waals surface area contributed by atoms with E-state index < -0.39 is 0 Å². The Labute approximate surface area is 95.3 Å². The van der Waals surface area contributed by atoms with Crippen molar-refractivity contribution >= 4 is 11.6 Å². The van der Waals surface area contributed by atoms with Crippen LogP contribution in [0.2, 0.25) is 5.02 Å². The first-order chi connectivity index (χ1) is 7.29. The second-order valence-electron chi connectivity index (χ2n) is 4.07. The van der Waals surface area contributed by atoms with Crippen molar-refractivity contribution in [2.24, 2.45) is 0 Å². The summed E-state index contributed by atoms with van der Waals surface area (Å²) >= 11 is 5.89. The van der Waals surface area contributed by atoms with E-state index in [1.165, 1.54) is 18.4 Å². The van der Waals surface area contributed by atoms with E-state index in [2.05, 4.69) is 5.32 Å². The molecule has 0 radical (unpaired) electrons. The lowest BCUT2D eigenvalue weighted by atomic mass is 10.00. The van der Waals surface area contributed by atoms with Crippen LogP contribution in [0.1, 0.15) is 24.0 Å². The van der Waals surface area contributed by atoms with Crippen LogP contribution in [0.25, 0.3) is 0 Å². The molecule has 0 spiro atoms. The van der Waals surface area contributed by atoms with Gasteiger partial charge in [-0.2, -0.15) is 0 Å². The first kappa shape index (κ1) is 10.9. The van der Waals surface area contributed by atoms with Crippen molar-refractivity contribution in [1.29, 1.82) is 0 Å². The molecular weight excluding hydrogens is 210 g/mol. The van der Waals surface area contributed by atoms with Crippen LogP contribution in [-0.4, -0.2) is 17.7 Å². The molecule has 82 valence electrons. The molecule has 2 nitrogen and oxygen atoms in total. The first-order valence-electron chi connectivity index (χ1n) is 5.41. The van der Waals surface area contributed by atoms with Crippen molar-refractivity contribution in [3.05, 3.63) is 34.3 Å². The van der Waals surface area contributed by atoms with Crippen LogP contribution in [0.4, 0.5) is 0 Å². The van der Waals surface area contributed by atoms with Crippen molar-refractivity contribution in [1.82, 2.24) is 5.32 Å². The summed E-state index contributed by atoms with van der Waals surface area (Å²) < 4.78 is 0. The Kier molecular flexibility index (Phi) is 3.62. The van der Waals surface area contributed by atoms with Crippen molar-refractivity contribution in [2.75, 3.05) is 6.54 Å². The highest BCUT2D eigenvalue weighted by Crippen LogP contribution is 2.19. The van der Waals surface area contributed by atoms with Crippen LogP contribution >= 0.6 is 11.6 Å². The van der Waals surface area contributed by atoms with Crippen molar-refractivity contribution in [2.45, 2.75) is 31.9 Å². The minimum absolute atomic E-state index is 0.0720. The van der Waals surface area contributed by atoms with Crippen LogP contribution in [0.15, 0.2) is 18.2 Å². The van der Waals surface area contributed by atoms with E-state index in [0.29, 0.717) is 11.1 Å². The molecule has 0 bridgehead atoms. The number of hydrogen-bond acceptors (Lipinski definition) is 2. The molecule has 0 aromatic heterocycles. The number of benzene rings is 1. The topological polar surface area (TPSA) is 32.3 Å². The lowest BCUT2D eigenvalue weighted by Gasteiger charge is -2.13. The Morgan fingerprint density at radius 2 is 2.27 bits per heavy atom. The van der Waals surface area contributed by atoms with Gasteiger partial charge < -0.3 is 10.4 Å². The Bertz CT molecular complexity index is 334. The van der Waals surface area contributed by atoms with Gasteiger partial charge in [0.15, 0.2) is 0 Å². The van der Waals surface area contributed by atoms with Crippen LogP contribution < -0.4 is 5.32 Å². The number of hydrogen-bond donors (Lipinski definition) is 2. The normalized spacial score (nSPS) is 20.8. The van der Waals surface area contributed by atoms with Gasteiger partial charge in [0.1, 0.15) is 0 Å². The maximum Gasteiger partial charge on any atom is 0.0685 e. The smallest absolute Gasteiger partial charge is 0.0685 e. The summed E-state index contributed by atoms with van der Waals surface area (Å²) in [6, 6.07) is 6.33. The molecule has 1 aromatic carbocycles. The zero-order chi connectivity index (χ0) is 10.7. The van der Waals surface area contributed by atoms with E-state index in [9.17, 15) is 5.11 Å². The molecule has 2 rings (SSSR count). The lowest BCUT2D eigenvalue weighted by Crippen LogP contribution is -2.24. The fourth-order valence-corrected chi connectivity index (χ4v) is 2.33. The van der Waals surface area contributed by atoms with Gasteiger partial charge in [-0.3, -0.25) is 0 Å². The molecule has 0 amide bonds. The third kappa shape index (κ3) is 2.71. The Morgan fingerprint density at radius 1 is 1.40 bits per heavy atom. The summed E-state index contributed by atoms with van der Waals surface area (Å²) in [5.74, 6) is 0. The number of rotatable bonds is 3. The van der Waals surface area contributed by atoms with Gasteiger partial charge in [-0.05, 0) is 49.1 Å². The van der Waals surface area contributed by atoms with E-state index >= 15 is 0 Å². The summed E-state index contributed by atoms with van der Waals surface area (Å²) in [5.41, 5.74) is 2.16.